The second-order valence-corrected chi connectivity index (χ2v) is 7.62. The van der Waals surface area contributed by atoms with Crippen LogP contribution in [0.3, 0.4) is 0 Å². The Balaban J connectivity index is 1.42. The Labute approximate surface area is 172 Å². The van der Waals surface area contributed by atoms with Crippen LogP contribution in [0.15, 0.2) is 64.2 Å². The maximum atomic E-state index is 12.8. The number of rotatable bonds is 4. The van der Waals surface area contributed by atoms with E-state index in [1.807, 2.05) is 31.2 Å². The number of aromatic nitrogens is 1. The fraction of sp³-hybridized carbons (Fsp3) is 0.190. The van der Waals surface area contributed by atoms with Crippen molar-refractivity contribution in [3.63, 3.8) is 0 Å². The lowest BCUT2D eigenvalue weighted by molar-refractivity contribution is 0.0948. The normalized spacial score (nSPS) is 12.9. The number of fused-ring (bicyclic) bond motifs is 1. The summed E-state index contributed by atoms with van der Waals surface area (Å²) in [6.45, 7) is 2.75. The van der Waals surface area contributed by atoms with E-state index in [2.05, 4.69) is 15.6 Å². The summed E-state index contributed by atoms with van der Waals surface area (Å²) in [4.78, 5) is 31.2. The van der Waals surface area contributed by atoms with Crippen molar-refractivity contribution in [1.82, 2.24) is 10.3 Å². The Hall–Kier alpha value is -3.26. The Morgan fingerprint density at radius 3 is 2.93 bits per heavy atom. The largest absolute Gasteiger partial charge is 0.465 e. The zero-order valence-corrected chi connectivity index (χ0v) is 16.7. The van der Waals surface area contributed by atoms with Gasteiger partial charge in [-0.1, -0.05) is 6.07 Å². The number of carbonyl (C=O) groups excluding carboxylic acids is 2. The third-order valence-corrected chi connectivity index (χ3v) is 5.41. The standard InChI is InChI=1S/C21H20N4O3S/c1-14-7-8-17(28-14)13-23-19(26)15-4-2-5-16(12-15)24-21(27)25-10-11-29-20-18(25)6-3-9-22-20/h2-9,12H,10-11,13H2,1H3,(H,23,26)(H,24,27). The zero-order valence-electron chi connectivity index (χ0n) is 15.8. The van der Waals surface area contributed by atoms with E-state index in [9.17, 15) is 9.59 Å². The highest BCUT2D eigenvalue weighted by Gasteiger charge is 2.23. The highest BCUT2D eigenvalue weighted by atomic mass is 32.2. The second kappa shape index (κ2) is 8.40. The summed E-state index contributed by atoms with van der Waals surface area (Å²) in [7, 11) is 0. The first-order valence-corrected chi connectivity index (χ1v) is 10.2. The Morgan fingerprint density at radius 2 is 2.10 bits per heavy atom. The zero-order chi connectivity index (χ0) is 20.2. The molecule has 2 aromatic heterocycles. The predicted octanol–water partition coefficient (Wildman–Crippen LogP) is 4.06. The highest BCUT2D eigenvalue weighted by molar-refractivity contribution is 7.99. The van der Waals surface area contributed by atoms with Crippen molar-refractivity contribution in [2.75, 3.05) is 22.5 Å². The van der Waals surface area contributed by atoms with E-state index in [0.29, 0.717) is 30.1 Å². The van der Waals surface area contributed by atoms with E-state index in [1.165, 1.54) is 0 Å². The summed E-state index contributed by atoms with van der Waals surface area (Å²) in [5.74, 6) is 2.04. The SMILES string of the molecule is Cc1ccc(CNC(=O)c2cccc(NC(=O)N3CCSc4ncccc43)c2)o1. The highest BCUT2D eigenvalue weighted by Crippen LogP contribution is 2.32. The summed E-state index contributed by atoms with van der Waals surface area (Å²) >= 11 is 1.63. The van der Waals surface area contributed by atoms with E-state index in [0.717, 1.165) is 22.2 Å². The average molecular weight is 408 g/mol. The van der Waals surface area contributed by atoms with Crippen LogP contribution in [-0.4, -0.2) is 29.2 Å². The lowest BCUT2D eigenvalue weighted by Gasteiger charge is -2.28. The van der Waals surface area contributed by atoms with Crippen molar-refractivity contribution in [3.05, 3.63) is 71.8 Å². The average Bonchev–Trinajstić information content (AvgIpc) is 3.17. The lowest BCUT2D eigenvalue weighted by atomic mass is 10.2. The molecule has 0 fully saturated rings. The summed E-state index contributed by atoms with van der Waals surface area (Å²) in [6, 6.07) is 14.0. The number of carbonyl (C=O) groups is 2. The third-order valence-electron chi connectivity index (χ3n) is 4.44. The van der Waals surface area contributed by atoms with E-state index >= 15 is 0 Å². The minimum absolute atomic E-state index is 0.237. The maximum Gasteiger partial charge on any atom is 0.326 e. The number of amides is 3. The van der Waals surface area contributed by atoms with Crippen LogP contribution >= 0.6 is 11.8 Å². The first kappa shape index (κ1) is 19.1. The maximum absolute atomic E-state index is 12.8. The molecular weight excluding hydrogens is 388 g/mol. The van der Waals surface area contributed by atoms with Crippen LogP contribution in [0.2, 0.25) is 0 Å². The van der Waals surface area contributed by atoms with E-state index in [-0.39, 0.29) is 11.9 Å². The third kappa shape index (κ3) is 4.43. The lowest BCUT2D eigenvalue weighted by Crippen LogP contribution is -2.38. The van der Waals surface area contributed by atoms with Gasteiger partial charge in [0.15, 0.2) is 0 Å². The summed E-state index contributed by atoms with van der Waals surface area (Å²) in [5, 5.41) is 6.54. The van der Waals surface area contributed by atoms with Gasteiger partial charge in [-0.3, -0.25) is 9.69 Å². The van der Waals surface area contributed by atoms with Crippen molar-refractivity contribution in [2.45, 2.75) is 18.5 Å². The number of thioether (sulfide) groups is 1. The fourth-order valence-electron chi connectivity index (χ4n) is 3.04. The summed E-state index contributed by atoms with van der Waals surface area (Å²) in [6.07, 6.45) is 1.72. The second-order valence-electron chi connectivity index (χ2n) is 6.53. The molecule has 2 N–H and O–H groups in total. The molecule has 3 heterocycles. The van der Waals surface area contributed by atoms with Gasteiger partial charge in [0.25, 0.3) is 5.91 Å². The molecule has 1 aliphatic rings. The molecule has 1 aromatic carbocycles. The van der Waals surface area contributed by atoms with Crippen molar-refractivity contribution in [1.29, 1.82) is 0 Å². The van der Waals surface area contributed by atoms with Gasteiger partial charge >= 0.3 is 6.03 Å². The van der Waals surface area contributed by atoms with Gasteiger partial charge in [-0.15, -0.1) is 11.8 Å². The van der Waals surface area contributed by atoms with Crippen molar-refractivity contribution < 1.29 is 14.0 Å². The Kier molecular flexibility index (Phi) is 5.53. The number of nitrogens with zero attached hydrogens (tertiary/aromatic N) is 2. The Morgan fingerprint density at radius 1 is 1.21 bits per heavy atom. The van der Waals surface area contributed by atoms with Gasteiger partial charge in [-0.2, -0.15) is 0 Å². The van der Waals surface area contributed by atoms with Crippen LogP contribution in [0.1, 0.15) is 21.9 Å². The molecule has 8 heteroatoms. The molecule has 3 amide bonds. The molecule has 3 aromatic rings. The molecule has 0 aliphatic carbocycles. The minimum Gasteiger partial charge on any atom is -0.465 e. The molecule has 0 spiro atoms. The molecule has 4 rings (SSSR count). The summed E-state index contributed by atoms with van der Waals surface area (Å²) in [5.41, 5.74) is 1.81. The van der Waals surface area contributed by atoms with Gasteiger partial charge in [0, 0.05) is 29.7 Å². The quantitative estimate of drug-likeness (QED) is 0.680. The molecule has 0 atom stereocenters. The number of anilines is 2. The van der Waals surface area contributed by atoms with Gasteiger partial charge in [-0.25, -0.2) is 9.78 Å². The van der Waals surface area contributed by atoms with Gasteiger partial charge in [0.2, 0.25) is 0 Å². The van der Waals surface area contributed by atoms with Gasteiger partial charge < -0.3 is 15.1 Å². The first-order valence-electron chi connectivity index (χ1n) is 9.20. The van der Waals surface area contributed by atoms with Crippen LogP contribution in [0.25, 0.3) is 0 Å². The van der Waals surface area contributed by atoms with Crippen LogP contribution in [-0.2, 0) is 6.54 Å². The van der Waals surface area contributed by atoms with Crippen LogP contribution in [0.5, 0.6) is 0 Å². The minimum atomic E-state index is -0.247. The molecule has 1 aliphatic heterocycles. The molecule has 148 valence electrons. The van der Waals surface area contributed by atoms with Gasteiger partial charge in [-0.05, 0) is 49.4 Å². The molecule has 7 nitrogen and oxygen atoms in total. The van der Waals surface area contributed by atoms with E-state index in [4.69, 9.17) is 4.42 Å². The van der Waals surface area contributed by atoms with Crippen LogP contribution in [0, 0.1) is 6.92 Å². The molecule has 0 unspecified atom stereocenters. The van der Waals surface area contributed by atoms with E-state index < -0.39 is 0 Å². The number of pyridine rings is 1. The van der Waals surface area contributed by atoms with Gasteiger partial charge in [0.1, 0.15) is 16.5 Å². The van der Waals surface area contributed by atoms with E-state index in [1.54, 1.807) is 47.1 Å². The molecular formula is C21H20N4O3S. The topological polar surface area (TPSA) is 87.5 Å². The molecule has 29 heavy (non-hydrogen) atoms. The first-order chi connectivity index (χ1) is 14.1. The summed E-state index contributed by atoms with van der Waals surface area (Å²) < 4.78 is 5.46. The van der Waals surface area contributed by atoms with Crippen molar-refractivity contribution in [3.8, 4) is 0 Å². The van der Waals surface area contributed by atoms with Crippen LogP contribution in [0.4, 0.5) is 16.2 Å². The molecule has 0 saturated heterocycles. The fourth-order valence-corrected chi connectivity index (χ4v) is 3.97. The predicted molar refractivity (Wildman–Crippen MR) is 112 cm³/mol. The van der Waals surface area contributed by atoms with Crippen LogP contribution < -0.4 is 15.5 Å². The van der Waals surface area contributed by atoms with Crippen molar-refractivity contribution >= 4 is 35.1 Å². The number of aryl methyl sites for hydroxylation is 1. The number of benzene rings is 1. The smallest absolute Gasteiger partial charge is 0.326 e. The Bertz CT molecular complexity index is 1050. The number of hydrogen-bond acceptors (Lipinski definition) is 5. The monoisotopic (exact) mass is 408 g/mol. The molecule has 0 radical (unpaired) electrons. The number of hydrogen-bond donors (Lipinski definition) is 2. The van der Waals surface area contributed by atoms with Gasteiger partial charge in [0.05, 0.1) is 12.2 Å². The number of nitrogens with one attached hydrogen (secondary N) is 2. The number of urea groups is 1. The number of furan rings is 1. The molecule has 0 bridgehead atoms. The molecule has 0 saturated carbocycles. The van der Waals surface area contributed by atoms with Crippen molar-refractivity contribution in [2.24, 2.45) is 0 Å².